The van der Waals surface area contributed by atoms with Crippen molar-refractivity contribution in [3.05, 3.63) is 27.1 Å². The minimum atomic E-state index is -3.00. The highest BCUT2D eigenvalue weighted by Gasteiger charge is 2.12. The van der Waals surface area contributed by atoms with Crippen LogP contribution in [0.4, 0.5) is 5.00 Å². The van der Waals surface area contributed by atoms with Crippen molar-refractivity contribution in [2.75, 3.05) is 12.0 Å². The Hall–Kier alpha value is -0.990. The number of thiophene rings is 1. The van der Waals surface area contributed by atoms with Crippen molar-refractivity contribution in [1.82, 2.24) is 5.32 Å². The number of hydrogen-bond donors (Lipinski definition) is 1. The van der Waals surface area contributed by atoms with Gasteiger partial charge in [-0.1, -0.05) is 11.3 Å². The molecule has 6 nitrogen and oxygen atoms in total. The average molecular weight is 278 g/mol. The van der Waals surface area contributed by atoms with Gasteiger partial charge in [0.15, 0.2) is 0 Å². The zero-order chi connectivity index (χ0) is 13.1. The van der Waals surface area contributed by atoms with Gasteiger partial charge in [-0.05, 0) is 12.5 Å². The van der Waals surface area contributed by atoms with Crippen LogP contribution in [-0.2, 0) is 16.4 Å². The minimum absolute atomic E-state index is 0.0548. The van der Waals surface area contributed by atoms with E-state index in [2.05, 4.69) is 5.32 Å². The third kappa shape index (κ3) is 5.24. The van der Waals surface area contributed by atoms with Crippen LogP contribution in [0, 0.1) is 10.1 Å². The number of rotatable bonds is 6. The summed E-state index contributed by atoms with van der Waals surface area (Å²) in [6, 6.07) is 1.31. The van der Waals surface area contributed by atoms with E-state index in [1.54, 1.807) is 12.3 Å². The summed E-state index contributed by atoms with van der Waals surface area (Å²) in [5.74, 6) is 0.0548. The lowest BCUT2D eigenvalue weighted by Gasteiger charge is -2.11. The van der Waals surface area contributed by atoms with Crippen LogP contribution in [0.15, 0.2) is 11.4 Å². The maximum atomic E-state index is 11.0. The van der Waals surface area contributed by atoms with Gasteiger partial charge >= 0.3 is 5.00 Å². The van der Waals surface area contributed by atoms with Gasteiger partial charge in [0.1, 0.15) is 9.84 Å². The van der Waals surface area contributed by atoms with E-state index in [4.69, 9.17) is 0 Å². The van der Waals surface area contributed by atoms with E-state index in [9.17, 15) is 18.5 Å². The zero-order valence-electron chi connectivity index (χ0n) is 9.54. The smallest absolute Gasteiger partial charge is 0.309 e. The molecule has 0 amide bonds. The molecule has 0 aliphatic heterocycles. The zero-order valence-corrected chi connectivity index (χ0v) is 11.2. The molecule has 0 aliphatic rings. The van der Waals surface area contributed by atoms with Crippen molar-refractivity contribution in [2.45, 2.75) is 19.5 Å². The van der Waals surface area contributed by atoms with Gasteiger partial charge in [0, 0.05) is 30.3 Å². The Morgan fingerprint density at radius 3 is 2.71 bits per heavy atom. The van der Waals surface area contributed by atoms with Crippen molar-refractivity contribution >= 4 is 26.2 Å². The van der Waals surface area contributed by atoms with Gasteiger partial charge in [-0.25, -0.2) is 8.42 Å². The summed E-state index contributed by atoms with van der Waals surface area (Å²) in [6.45, 7) is 2.20. The average Bonchev–Trinajstić information content (AvgIpc) is 2.60. The quantitative estimate of drug-likeness (QED) is 0.623. The molecular weight excluding hydrogens is 264 g/mol. The lowest BCUT2D eigenvalue weighted by molar-refractivity contribution is -0.380. The molecule has 8 heteroatoms. The monoisotopic (exact) mass is 278 g/mol. The summed E-state index contributed by atoms with van der Waals surface area (Å²) in [5.41, 5.74) is 0.794. The molecule has 1 N–H and O–H groups in total. The topological polar surface area (TPSA) is 89.3 Å². The van der Waals surface area contributed by atoms with Crippen molar-refractivity contribution in [3.8, 4) is 0 Å². The molecule has 0 spiro atoms. The van der Waals surface area contributed by atoms with Gasteiger partial charge < -0.3 is 5.32 Å². The molecule has 0 saturated heterocycles. The molecule has 1 rings (SSSR count). The van der Waals surface area contributed by atoms with Crippen molar-refractivity contribution in [1.29, 1.82) is 0 Å². The molecule has 0 bridgehead atoms. The lowest BCUT2D eigenvalue weighted by Crippen LogP contribution is -2.32. The van der Waals surface area contributed by atoms with Crippen molar-refractivity contribution in [2.24, 2.45) is 0 Å². The van der Waals surface area contributed by atoms with E-state index < -0.39 is 14.8 Å². The fourth-order valence-electron chi connectivity index (χ4n) is 1.36. The molecule has 96 valence electrons. The van der Waals surface area contributed by atoms with E-state index in [0.29, 0.717) is 6.54 Å². The number of nitro groups is 1. The Labute approximate surface area is 104 Å². The Morgan fingerprint density at radius 1 is 1.59 bits per heavy atom. The first-order chi connectivity index (χ1) is 7.78. The predicted octanol–water partition coefficient (Wildman–Crippen LogP) is 1.18. The number of nitrogens with one attached hydrogen (secondary N) is 1. The Balaban J connectivity index is 2.47. The number of nitrogens with zero attached hydrogens (tertiary/aromatic N) is 1. The largest absolute Gasteiger partial charge is 0.324 e. The van der Waals surface area contributed by atoms with Crippen LogP contribution in [-0.4, -0.2) is 31.4 Å². The standard InChI is InChI=1S/C9H14N2O4S2/c1-7(6-17(2,14)15)10-4-8-3-9(11(12)13)16-5-8/h3,5,7,10H,4,6H2,1-2H3. The first kappa shape index (κ1) is 14.1. The maximum Gasteiger partial charge on any atom is 0.324 e. The van der Waals surface area contributed by atoms with Crippen LogP contribution in [0.25, 0.3) is 0 Å². The second-order valence-corrected chi connectivity index (χ2v) is 7.00. The van der Waals surface area contributed by atoms with Crippen molar-refractivity contribution in [3.63, 3.8) is 0 Å². The molecule has 1 aromatic heterocycles. The number of hydrogen-bond acceptors (Lipinski definition) is 6. The summed E-state index contributed by atoms with van der Waals surface area (Å²) in [6.07, 6.45) is 1.18. The highest BCUT2D eigenvalue weighted by Crippen LogP contribution is 2.22. The number of sulfone groups is 1. The second kappa shape index (κ2) is 5.56. The predicted molar refractivity (Wildman–Crippen MR) is 67.0 cm³/mol. The first-order valence-electron chi connectivity index (χ1n) is 4.91. The molecule has 1 heterocycles. The molecule has 1 unspecified atom stereocenters. The second-order valence-electron chi connectivity index (χ2n) is 3.92. The van der Waals surface area contributed by atoms with Crippen LogP contribution in [0.5, 0.6) is 0 Å². The van der Waals surface area contributed by atoms with Gasteiger partial charge in [0.2, 0.25) is 0 Å². The summed E-state index contributed by atoms with van der Waals surface area (Å²) in [5, 5.41) is 15.3. The third-order valence-electron chi connectivity index (χ3n) is 2.03. The Kier molecular flexibility index (Phi) is 4.61. The highest BCUT2D eigenvalue weighted by molar-refractivity contribution is 7.90. The Morgan fingerprint density at radius 2 is 2.24 bits per heavy atom. The van der Waals surface area contributed by atoms with Gasteiger partial charge in [0.25, 0.3) is 0 Å². The third-order valence-corrected chi connectivity index (χ3v) is 4.06. The highest BCUT2D eigenvalue weighted by atomic mass is 32.2. The van der Waals surface area contributed by atoms with Crippen LogP contribution in [0.2, 0.25) is 0 Å². The van der Waals surface area contributed by atoms with E-state index in [1.165, 1.54) is 12.3 Å². The molecule has 0 aliphatic carbocycles. The lowest BCUT2D eigenvalue weighted by atomic mass is 10.3. The van der Waals surface area contributed by atoms with Gasteiger partial charge in [-0.15, -0.1) is 0 Å². The summed E-state index contributed by atoms with van der Waals surface area (Å²) < 4.78 is 22.0. The maximum absolute atomic E-state index is 11.0. The summed E-state index contributed by atoms with van der Waals surface area (Å²) in [4.78, 5) is 10.0. The fraction of sp³-hybridized carbons (Fsp3) is 0.556. The van der Waals surface area contributed by atoms with Gasteiger partial charge in [0.05, 0.1) is 10.7 Å². The Bertz CT molecular complexity index is 495. The molecule has 0 fully saturated rings. The molecule has 0 radical (unpaired) electrons. The molecule has 0 aromatic carbocycles. The van der Waals surface area contributed by atoms with E-state index in [-0.39, 0.29) is 16.8 Å². The molecular formula is C9H14N2O4S2. The summed E-state index contributed by atoms with van der Waals surface area (Å²) >= 11 is 1.07. The van der Waals surface area contributed by atoms with Crippen LogP contribution >= 0.6 is 11.3 Å². The van der Waals surface area contributed by atoms with Gasteiger partial charge in [-0.2, -0.15) is 0 Å². The van der Waals surface area contributed by atoms with E-state index in [0.717, 1.165) is 16.9 Å². The molecule has 1 atom stereocenters. The van der Waals surface area contributed by atoms with E-state index in [1.807, 2.05) is 0 Å². The minimum Gasteiger partial charge on any atom is -0.309 e. The van der Waals surface area contributed by atoms with Crippen LogP contribution < -0.4 is 5.32 Å². The molecule has 17 heavy (non-hydrogen) atoms. The molecule has 1 aromatic rings. The SMILES string of the molecule is CC(CS(C)(=O)=O)NCc1csc([N+](=O)[O-])c1. The van der Waals surface area contributed by atoms with Crippen LogP contribution in [0.3, 0.4) is 0 Å². The van der Waals surface area contributed by atoms with Crippen molar-refractivity contribution < 1.29 is 13.3 Å². The van der Waals surface area contributed by atoms with Gasteiger partial charge in [-0.3, -0.25) is 10.1 Å². The molecule has 0 saturated carbocycles. The van der Waals surface area contributed by atoms with E-state index >= 15 is 0 Å². The fourth-order valence-corrected chi connectivity index (χ4v) is 3.11. The van der Waals surface area contributed by atoms with Crippen LogP contribution in [0.1, 0.15) is 12.5 Å². The summed E-state index contributed by atoms with van der Waals surface area (Å²) in [7, 11) is -3.00. The first-order valence-corrected chi connectivity index (χ1v) is 7.85. The normalized spacial score (nSPS) is 13.5.